The van der Waals surface area contributed by atoms with Gasteiger partial charge in [-0.15, -0.1) is 0 Å². The fourth-order valence-corrected chi connectivity index (χ4v) is 9.59. The van der Waals surface area contributed by atoms with Crippen LogP contribution >= 0.6 is 0 Å². The highest BCUT2D eigenvalue weighted by Crippen LogP contribution is 2.53. The first-order valence-electron chi connectivity index (χ1n) is 11.2. The molecular weight excluding hydrogens is 450 g/mol. The molecular formula is C25H31N3O5Si. The average molecular weight is 482 g/mol. The molecule has 0 saturated carbocycles. The van der Waals surface area contributed by atoms with E-state index in [1.54, 1.807) is 20.8 Å². The Bertz CT molecular complexity index is 1160. The lowest BCUT2D eigenvalue weighted by Gasteiger charge is -2.53. The van der Waals surface area contributed by atoms with E-state index in [-0.39, 0.29) is 5.82 Å². The molecule has 34 heavy (non-hydrogen) atoms. The maximum Gasteiger partial charge on any atom is 0.351 e. The second-order valence-corrected chi connectivity index (χ2v) is 12.7. The largest absolute Gasteiger partial charge is 0.394 e. The molecule has 1 aliphatic rings. The molecule has 2 heterocycles. The van der Waals surface area contributed by atoms with Crippen LogP contribution in [0.4, 0.5) is 5.82 Å². The number of aliphatic hydroxyl groups excluding tert-OH is 2. The summed E-state index contributed by atoms with van der Waals surface area (Å²) in [7, 11) is -2.79. The summed E-state index contributed by atoms with van der Waals surface area (Å²) in [6.45, 7) is 4.81. The van der Waals surface area contributed by atoms with Crippen LogP contribution in [-0.4, -0.2) is 58.1 Å². The van der Waals surface area contributed by atoms with E-state index in [1.807, 2.05) is 60.7 Å². The molecule has 2 aromatic carbocycles. The smallest absolute Gasteiger partial charge is 0.351 e. The highest BCUT2D eigenvalue weighted by molar-refractivity contribution is 6.87. The molecule has 3 aromatic rings. The van der Waals surface area contributed by atoms with Crippen molar-refractivity contribution in [3.05, 3.63) is 83.4 Å². The predicted octanol–water partition coefficient (Wildman–Crippen LogP) is -0.412. The van der Waals surface area contributed by atoms with Crippen molar-refractivity contribution in [2.75, 3.05) is 12.3 Å². The van der Waals surface area contributed by atoms with Crippen molar-refractivity contribution >= 4 is 25.0 Å². The van der Waals surface area contributed by atoms with Gasteiger partial charge < -0.3 is 25.8 Å². The first-order chi connectivity index (χ1) is 16.1. The van der Waals surface area contributed by atoms with Crippen LogP contribution in [0, 0.1) is 5.41 Å². The van der Waals surface area contributed by atoms with Crippen LogP contribution in [0.5, 0.6) is 0 Å². The lowest BCUT2D eigenvalue weighted by atomic mass is 9.71. The zero-order chi connectivity index (χ0) is 24.7. The molecule has 1 saturated heterocycles. The van der Waals surface area contributed by atoms with E-state index in [1.165, 1.54) is 16.8 Å². The summed E-state index contributed by atoms with van der Waals surface area (Å²) in [5.41, 5.74) is 2.12. The van der Waals surface area contributed by atoms with Gasteiger partial charge in [0.05, 0.1) is 6.61 Å². The Morgan fingerprint density at radius 2 is 1.59 bits per heavy atom. The van der Waals surface area contributed by atoms with Crippen LogP contribution in [0.25, 0.3) is 0 Å². The minimum absolute atomic E-state index is 0.0330. The van der Waals surface area contributed by atoms with Crippen molar-refractivity contribution in [2.24, 2.45) is 5.41 Å². The van der Waals surface area contributed by atoms with E-state index in [0.29, 0.717) is 0 Å². The van der Waals surface area contributed by atoms with Crippen LogP contribution in [0.3, 0.4) is 0 Å². The van der Waals surface area contributed by atoms with Gasteiger partial charge in [-0.3, -0.25) is 4.57 Å². The van der Waals surface area contributed by atoms with Gasteiger partial charge in [0.2, 0.25) is 0 Å². The zero-order valence-electron chi connectivity index (χ0n) is 19.5. The fraction of sp³-hybridized carbons (Fsp3) is 0.360. The van der Waals surface area contributed by atoms with Gasteiger partial charge >= 0.3 is 5.69 Å². The third-order valence-electron chi connectivity index (χ3n) is 6.82. The highest BCUT2D eigenvalue weighted by atomic mass is 28.3. The molecule has 4 rings (SSSR count). The molecule has 0 radical (unpaired) electrons. The molecule has 0 aliphatic carbocycles. The molecule has 0 bridgehead atoms. The predicted molar refractivity (Wildman–Crippen MR) is 133 cm³/mol. The van der Waals surface area contributed by atoms with E-state index in [2.05, 4.69) is 4.98 Å². The normalized spacial score (nSPS) is 27.3. The molecule has 0 spiro atoms. The molecule has 0 unspecified atom stereocenters. The monoisotopic (exact) mass is 481 g/mol. The van der Waals surface area contributed by atoms with Crippen LogP contribution in [0.15, 0.2) is 77.7 Å². The average Bonchev–Trinajstić information content (AvgIpc) is 3.04. The Labute approximate surface area is 199 Å². The van der Waals surface area contributed by atoms with Gasteiger partial charge in [0.15, 0.2) is 14.1 Å². The quantitative estimate of drug-likeness (QED) is 0.364. The Balaban J connectivity index is 2.19. The molecule has 0 amide bonds. The maximum atomic E-state index is 13.4. The number of aliphatic hydroxyl groups is 3. The second kappa shape index (κ2) is 8.75. The van der Waals surface area contributed by atoms with E-state index >= 15 is 0 Å². The number of nitrogens with zero attached hydrogens (tertiary/aromatic N) is 2. The molecule has 5 N–H and O–H groups in total. The number of nitrogen functional groups attached to an aromatic ring is 1. The number of hydrogen-bond donors (Lipinski definition) is 4. The van der Waals surface area contributed by atoms with Crippen LogP contribution in [0.2, 0.25) is 0 Å². The van der Waals surface area contributed by atoms with Gasteiger partial charge in [-0.2, -0.15) is 4.98 Å². The number of benzene rings is 2. The summed E-state index contributed by atoms with van der Waals surface area (Å²) in [5.74, 6) is 0.0330. The summed E-state index contributed by atoms with van der Waals surface area (Å²) in [5, 5.41) is 34.2. The summed E-state index contributed by atoms with van der Waals surface area (Å²) in [4.78, 5) is 17.3. The number of aromatic nitrogens is 2. The van der Waals surface area contributed by atoms with Crippen molar-refractivity contribution < 1.29 is 20.1 Å². The number of ether oxygens (including phenoxy) is 1. The van der Waals surface area contributed by atoms with Gasteiger partial charge in [0.1, 0.15) is 23.6 Å². The second-order valence-electron chi connectivity index (χ2n) is 9.76. The SMILES string of the molecule is CC(C)(C)[C@@]1(O)[C@H](O)[C@@H](CO)O[C@]1(n1ccc(N)nc1=O)[SiH](c1ccccc1)c1ccccc1. The van der Waals surface area contributed by atoms with Gasteiger partial charge in [0, 0.05) is 6.20 Å². The van der Waals surface area contributed by atoms with Crippen molar-refractivity contribution in [1.82, 2.24) is 9.55 Å². The lowest BCUT2D eigenvalue weighted by molar-refractivity contribution is -0.197. The molecule has 1 fully saturated rings. The third kappa shape index (κ3) is 3.52. The van der Waals surface area contributed by atoms with Crippen LogP contribution in [0.1, 0.15) is 20.8 Å². The third-order valence-corrected chi connectivity index (χ3v) is 10.6. The first kappa shape index (κ1) is 24.3. The molecule has 180 valence electrons. The van der Waals surface area contributed by atoms with E-state index < -0.39 is 49.7 Å². The van der Waals surface area contributed by atoms with Crippen molar-refractivity contribution in [2.45, 2.75) is 43.9 Å². The van der Waals surface area contributed by atoms with E-state index in [9.17, 15) is 20.1 Å². The number of anilines is 1. The zero-order valence-corrected chi connectivity index (χ0v) is 20.7. The minimum atomic E-state index is -2.79. The molecule has 4 atom stereocenters. The Kier molecular flexibility index (Phi) is 6.26. The van der Waals surface area contributed by atoms with Crippen molar-refractivity contribution in [3.8, 4) is 0 Å². The molecule has 1 aliphatic heterocycles. The summed E-state index contributed by atoms with van der Waals surface area (Å²) < 4.78 is 7.79. The molecule has 9 heteroatoms. The van der Waals surface area contributed by atoms with Gasteiger partial charge in [0.25, 0.3) is 0 Å². The summed E-state index contributed by atoms with van der Waals surface area (Å²) >= 11 is 0. The van der Waals surface area contributed by atoms with E-state index in [0.717, 1.165) is 10.4 Å². The molecule has 1 aromatic heterocycles. The molecule has 8 nitrogen and oxygen atoms in total. The Morgan fingerprint density at radius 3 is 2.03 bits per heavy atom. The first-order valence-corrected chi connectivity index (χ1v) is 13.0. The Hall–Kier alpha value is -2.82. The van der Waals surface area contributed by atoms with Gasteiger partial charge in [-0.1, -0.05) is 91.8 Å². The number of rotatable bonds is 5. The van der Waals surface area contributed by atoms with E-state index in [4.69, 9.17) is 10.5 Å². The van der Waals surface area contributed by atoms with Crippen molar-refractivity contribution in [3.63, 3.8) is 0 Å². The topological polar surface area (TPSA) is 131 Å². The number of hydrogen-bond acceptors (Lipinski definition) is 7. The standard InChI is InChI=1S/C25H31N3O5Si/c1-23(2,3)24(32)21(30)19(16-29)33-25(24,28-15-14-20(26)27-22(28)31)34(17-10-6-4-7-11-17)18-12-8-5-9-13-18/h4-15,19,21,29-30,32,34H,16H2,1-3H3,(H2,26,27,31)/t19-,21-,24+,25+/m1/s1. The fourth-order valence-electron chi connectivity index (χ4n) is 5.26. The maximum absolute atomic E-state index is 13.4. The van der Waals surface area contributed by atoms with Gasteiger partial charge in [-0.05, 0) is 11.5 Å². The van der Waals surface area contributed by atoms with Gasteiger partial charge in [-0.25, -0.2) is 4.79 Å². The lowest BCUT2D eigenvalue weighted by Crippen LogP contribution is -2.76. The van der Waals surface area contributed by atoms with Crippen LogP contribution in [-0.2, 0) is 10.1 Å². The number of nitrogens with two attached hydrogens (primary N) is 1. The minimum Gasteiger partial charge on any atom is -0.394 e. The summed E-state index contributed by atoms with van der Waals surface area (Å²) in [6, 6.07) is 20.6. The Morgan fingerprint density at radius 1 is 1.06 bits per heavy atom. The highest BCUT2D eigenvalue weighted by Gasteiger charge is 2.73. The van der Waals surface area contributed by atoms with Crippen LogP contribution < -0.4 is 21.8 Å². The van der Waals surface area contributed by atoms with Crippen molar-refractivity contribution in [1.29, 1.82) is 0 Å². The summed E-state index contributed by atoms with van der Waals surface area (Å²) in [6.07, 6.45) is -1.15.